The van der Waals surface area contributed by atoms with Gasteiger partial charge in [0, 0.05) is 5.33 Å². The van der Waals surface area contributed by atoms with Crippen LogP contribution in [0.5, 0.6) is 0 Å². The third-order valence-corrected chi connectivity index (χ3v) is 2.52. The Kier molecular flexibility index (Phi) is 6.96. The molecule has 0 amide bonds. The van der Waals surface area contributed by atoms with Crippen LogP contribution in [0.2, 0.25) is 0 Å². The van der Waals surface area contributed by atoms with Gasteiger partial charge in [-0.2, -0.15) is 0 Å². The summed E-state index contributed by atoms with van der Waals surface area (Å²) in [6.07, 6.45) is 2.95. The van der Waals surface area contributed by atoms with Crippen LogP contribution < -0.4 is 0 Å². The zero-order chi connectivity index (χ0) is 10.3. The maximum absolute atomic E-state index is 11.3. The number of unbranched alkanes of at least 4 members (excludes halogenated alkanes) is 1. The summed E-state index contributed by atoms with van der Waals surface area (Å²) in [4.78, 5) is 11.3. The monoisotopic (exact) mass is 248 g/mol. The summed E-state index contributed by atoms with van der Waals surface area (Å²) in [5.74, 6) is -0.286. The third kappa shape index (κ3) is 5.09. The quantitative estimate of drug-likeness (QED) is 0.313. The first-order chi connectivity index (χ1) is 6.13. The second-order valence-electron chi connectivity index (χ2n) is 3.11. The number of rotatable bonds is 6. The van der Waals surface area contributed by atoms with Crippen LogP contribution in [0.15, 0.2) is 12.2 Å². The number of esters is 1. The van der Waals surface area contributed by atoms with Crippen molar-refractivity contribution in [2.24, 2.45) is 5.92 Å². The van der Waals surface area contributed by atoms with Gasteiger partial charge >= 0.3 is 5.97 Å². The van der Waals surface area contributed by atoms with Crippen LogP contribution in [0.1, 0.15) is 26.2 Å². The fourth-order valence-electron chi connectivity index (χ4n) is 1.15. The first-order valence-electron chi connectivity index (χ1n) is 4.42. The Morgan fingerprint density at radius 2 is 2.15 bits per heavy atom. The van der Waals surface area contributed by atoms with Crippen molar-refractivity contribution in [3.63, 3.8) is 0 Å². The summed E-state index contributed by atoms with van der Waals surface area (Å²) in [5.41, 5.74) is 0.890. The molecule has 0 aliphatic rings. The minimum atomic E-state index is -0.165. The average Bonchev–Trinajstić information content (AvgIpc) is 2.11. The maximum atomic E-state index is 11.3. The van der Waals surface area contributed by atoms with Crippen molar-refractivity contribution in [1.29, 1.82) is 0 Å². The van der Waals surface area contributed by atoms with Gasteiger partial charge in [0.05, 0.1) is 13.0 Å². The normalized spacial score (nSPS) is 12.2. The van der Waals surface area contributed by atoms with Gasteiger partial charge in [0.25, 0.3) is 0 Å². The number of halogens is 1. The first-order valence-corrected chi connectivity index (χ1v) is 5.54. The lowest BCUT2D eigenvalue weighted by molar-refractivity contribution is -0.144. The average molecular weight is 249 g/mol. The van der Waals surface area contributed by atoms with E-state index < -0.39 is 0 Å². The summed E-state index contributed by atoms with van der Waals surface area (Å²) in [5, 5.41) is 0.983. The van der Waals surface area contributed by atoms with Crippen LogP contribution in [0.3, 0.4) is 0 Å². The molecule has 0 saturated heterocycles. The zero-order valence-corrected chi connectivity index (χ0v) is 9.89. The Labute approximate surface area is 88.5 Å². The molecule has 0 fully saturated rings. The molecule has 0 spiro atoms. The SMILES string of the molecule is C=C(C)C(CCCCBr)C(=O)OC. The molecule has 2 nitrogen and oxygen atoms in total. The minimum Gasteiger partial charge on any atom is -0.469 e. The molecule has 0 rings (SSSR count). The lowest BCUT2D eigenvalue weighted by Crippen LogP contribution is -2.16. The highest BCUT2D eigenvalue weighted by molar-refractivity contribution is 9.09. The van der Waals surface area contributed by atoms with Gasteiger partial charge in [0.1, 0.15) is 0 Å². The number of alkyl halides is 1. The van der Waals surface area contributed by atoms with Gasteiger partial charge in [-0.1, -0.05) is 34.5 Å². The molecule has 0 aromatic carbocycles. The van der Waals surface area contributed by atoms with Crippen molar-refractivity contribution in [3.8, 4) is 0 Å². The predicted octanol–water partition coefficient (Wildman–Crippen LogP) is 2.92. The molecule has 1 atom stereocenters. The van der Waals surface area contributed by atoms with Crippen molar-refractivity contribution < 1.29 is 9.53 Å². The third-order valence-electron chi connectivity index (χ3n) is 1.96. The van der Waals surface area contributed by atoms with E-state index >= 15 is 0 Å². The fraction of sp³-hybridized carbons (Fsp3) is 0.700. The van der Waals surface area contributed by atoms with Gasteiger partial charge in [-0.05, 0) is 19.8 Å². The van der Waals surface area contributed by atoms with E-state index in [0.29, 0.717) is 0 Å². The smallest absolute Gasteiger partial charge is 0.312 e. The molecule has 0 aliphatic heterocycles. The highest BCUT2D eigenvalue weighted by atomic mass is 79.9. The standard InChI is InChI=1S/C10H17BrO2/c1-8(2)9(10(12)13-3)6-4-5-7-11/h9H,1,4-7H2,2-3H3. The van der Waals surface area contributed by atoms with Crippen LogP contribution in [0, 0.1) is 5.92 Å². The highest BCUT2D eigenvalue weighted by Crippen LogP contribution is 2.18. The van der Waals surface area contributed by atoms with Crippen LogP contribution in [-0.4, -0.2) is 18.4 Å². The molecule has 0 aliphatic carbocycles. The summed E-state index contributed by atoms with van der Waals surface area (Å²) in [6.45, 7) is 5.66. The Bertz CT molecular complexity index is 178. The van der Waals surface area contributed by atoms with Crippen LogP contribution in [0.25, 0.3) is 0 Å². The second kappa shape index (κ2) is 7.13. The number of hydrogen-bond acceptors (Lipinski definition) is 2. The van der Waals surface area contributed by atoms with Gasteiger partial charge < -0.3 is 4.74 Å². The molecule has 1 unspecified atom stereocenters. The largest absolute Gasteiger partial charge is 0.469 e. The number of ether oxygens (including phenoxy) is 1. The van der Waals surface area contributed by atoms with E-state index in [0.717, 1.165) is 30.2 Å². The van der Waals surface area contributed by atoms with E-state index in [1.54, 1.807) is 0 Å². The molecule has 76 valence electrons. The maximum Gasteiger partial charge on any atom is 0.312 e. The molecule has 0 aromatic rings. The van der Waals surface area contributed by atoms with Crippen molar-refractivity contribution in [2.75, 3.05) is 12.4 Å². The Hall–Kier alpha value is -0.310. The van der Waals surface area contributed by atoms with E-state index in [1.165, 1.54) is 7.11 Å². The first kappa shape index (κ1) is 12.7. The van der Waals surface area contributed by atoms with Crippen LogP contribution in [-0.2, 0) is 9.53 Å². The minimum absolute atomic E-state index is 0.121. The number of carbonyl (C=O) groups excluding carboxylic acids is 1. The lowest BCUT2D eigenvalue weighted by Gasteiger charge is -2.13. The number of hydrogen-bond donors (Lipinski definition) is 0. The molecular weight excluding hydrogens is 232 g/mol. The van der Waals surface area contributed by atoms with Crippen molar-refractivity contribution >= 4 is 21.9 Å². The van der Waals surface area contributed by atoms with Gasteiger partial charge in [-0.25, -0.2) is 0 Å². The fourth-order valence-corrected chi connectivity index (χ4v) is 1.55. The van der Waals surface area contributed by atoms with Gasteiger partial charge in [0.15, 0.2) is 0 Å². The van der Waals surface area contributed by atoms with E-state index in [4.69, 9.17) is 4.74 Å². The van der Waals surface area contributed by atoms with Gasteiger partial charge in [-0.3, -0.25) is 4.79 Å². The van der Waals surface area contributed by atoms with Crippen LogP contribution in [0.4, 0.5) is 0 Å². The second-order valence-corrected chi connectivity index (χ2v) is 3.90. The summed E-state index contributed by atoms with van der Waals surface area (Å²) < 4.78 is 4.69. The van der Waals surface area contributed by atoms with Crippen molar-refractivity contribution in [1.82, 2.24) is 0 Å². The molecule has 0 N–H and O–H groups in total. The van der Waals surface area contributed by atoms with E-state index in [-0.39, 0.29) is 11.9 Å². The molecule has 0 saturated carbocycles. The van der Waals surface area contributed by atoms with Crippen molar-refractivity contribution in [2.45, 2.75) is 26.2 Å². The van der Waals surface area contributed by atoms with E-state index in [2.05, 4.69) is 22.5 Å². The highest BCUT2D eigenvalue weighted by Gasteiger charge is 2.18. The van der Waals surface area contributed by atoms with Gasteiger partial charge in [0.2, 0.25) is 0 Å². The van der Waals surface area contributed by atoms with Crippen LogP contribution >= 0.6 is 15.9 Å². The molecule has 13 heavy (non-hydrogen) atoms. The lowest BCUT2D eigenvalue weighted by atomic mass is 9.96. The Balaban J connectivity index is 3.95. The van der Waals surface area contributed by atoms with Gasteiger partial charge in [-0.15, -0.1) is 0 Å². The Morgan fingerprint density at radius 1 is 1.54 bits per heavy atom. The summed E-state index contributed by atoms with van der Waals surface area (Å²) >= 11 is 3.35. The molecular formula is C10H17BrO2. The number of methoxy groups -OCH3 is 1. The predicted molar refractivity (Wildman–Crippen MR) is 58.0 cm³/mol. The van der Waals surface area contributed by atoms with E-state index in [1.807, 2.05) is 6.92 Å². The molecule has 0 heterocycles. The molecule has 0 bridgehead atoms. The Morgan fingerprint density at radius 3 is 2.54 bits per heavy atom. The number of carbonyl (C=O) groups is 1. The van der Waals surface area contributed by atoms with E-state index in [9.17, 15) is 4.79 Å². The topological polar surface area (TPSA) is 26.3 Å². The molecule has 0 radical (unpaired) electrons. The summed E-state index contributed by atoms with van der Waals surface area (Å²) in [7, 11) is 1.42. The molecule has 3 heteroatoms. The zero-order valence-electron chi connectivity index (χ0n) is 8.31. The van der Waals surface area contributed by atoms with Crippen molar-refractivity contribution in [3.05, 3.63) is 12.2 Å². The molecule has 0 aromatic heterocycles. The summed E-state index contributed by atoms with van der Waals surface area (Å²) in [6, 6.07) is 0.